The number of piperidine rings is 1. The lowest BCUT2D eigenvalue weighted by Crippen LogP contribution is -2.41. The molecule has 7 heteroatoms. The van der Waals surface area contributed by atoms with E-state index >= 15 is 0 Å². The zero-order chi connectivity index (χ0) is 26.2. The maximum atomic E-state index is 11.3. The number of methoxy groups -OCH3 is 1. The van der Waals surface area contributed by atoms with Crippen molar-refractivity contribution in [3.8, 4) is 5.75 Å². The van der Waals surface area contributed by atoms with E-state index in [1.807, 2.05) is 35.6 Å². The highest BCUT2D eigenvalue weighted by Crippen LogP contribution is 2.35. The van der Waals surface area contributed by atoms with Crippen LogP contribution >= 0.6 is 11.3 Å². The number of pyridine rings is 1. The largest absolute Gasteiger partial charge is 0.497 e. The molecule has 6 nitrogen and oxygen atoms in total. The number of carboxylic acid groups (broad SMARTS) is 1. The first kappa shape index (κ1) is 27.6. The Morgan fingerprint density at radius 2 is 2.05 bits per heavy atom. The van der Waals surface area contributed by atoms with Crippen molar-refractivity contribution in [3.63, 3.8) is 0 Å². The van der Waals surface area contributed by atoms with Crippen molar-refractivity contribution in [2.24, 2.45) is 11.8 Å². The molecule has 0 bridgehead atoms. The number of carboxylic acids is 1. The molecule has 4 rings (SSSR count). The molecular formula is C30H40N2O4S. The van der Waals surface area contributed by atoms with Crippen LogP contribution in [0, 0.1) is 18.8 Å². The topological polar surface area (TPSA) is 82.9 Å². The smallest absolute Gasteiger partial charge is 0.303 e. The number of carbonyl (C=O) groups is 1. The molecule has 200 valence electrons. The van der Waals surface area contributed by atoms with Gasteiger partial charge in [0, 0.05) is 34.3 Å². The second kappa shape index (κ2) is 13.4. The molecule has 2 N–H and O–H groups in total. The number of aryl methyl sites for hydroxylation is 2. The number of aliphatic carboxylic acids is 1. The fourth-order valence-corrected chi connectivity index (χ4v) is 6.65. The maximum Gasteiger partial charge on any atom is 0.303 e. The molecule has 1 aliphatic heterocycles. The highest BCUT2D eigenvalue weighted by Gasteiger charge is 2.30. The van der Waals surface area contributed by atoms with Gasteiger partial charge in [-0.3, -0.25) is 9.78 Å². The first-order valence-corrected chi connectivity index (χ1v) is 14.3. The van der Waals surface area contributed by atoms with E-state index in [0.29, 0.717) is 24.7 Å². The number of benzene rings is 1. The average molecular weight is 525 g/mol. The van der Waals surface area contributed by atoms with Gasteiger partial charge in [-0.1, -0.05) is 0 Å². The number of aliphatic hydroxyl groups excluding tert-OH is 1. The predicted octanol–water partition coefficient (Wildman–Crippen LogP) is 6.25. The summed E-state index contributed by atoms with van der Waals surface area (Å²) in [7, 11) is 1.64. The molecule has 0 amide bonds. The third-order valence-electron chi connectivity index (χ3n) is 7.80. The number of ether oxygens (including phenoxy) is 1. The van der Waals surface area contributed by atoms with Gasteiger partial charge in [-0.2, -0.15) is 0 Å². The van der Waals surface area contributed by atoms with E-state index in [-0.39, 0.29) is 6.42 Å². The summed E-state index contributed by atoms with van der Waals surface area (Å²) in [4.78, 5) is 21.1. The molecular weight excluding hydrogens is 484 g/mol. The number of likely N-dealkylation sites (tertiary alicyclic amines) is 1. The zero-order valence-electron chi connectivity index (χ0n) is 22.1. The molecule has 0 radical (unpaired) electrons. The standard InChI is InChI=1S/C30H40N2O4S/c1-21-6-10-25(37-21)5-3-4-17-32-18-15-22(23(20-32)8-13-30(34)35)7-12-29(33)26-14-16-31-28-11-9-24(36-2)19-27(26)28/h6,9-11,14,16,19,22-23,29,33H,3-5,7-8,12-13,15,17-18,20H2,1-2H3,(H,34,35)/t22-,23-,29-/m1/s1. The van der Waals surface area contributed by atoms with E-state index in [4.69, 9.17) is 4.74 Å². The molecule has 0 aliphatic carbocycles. The first-order chi connectivity index (χ1) is 17.9. The average Bonchev–Trinajstić information content (AvgIpc) is 3.33. The van der Waals surface area contributed by atoms with Crippen molar-refractivity contribution in [2.75, 3.05) is 26.7 Å². The highest BCUT2D eigenvalue weighted by molar-refractivity contribution is 7.11. The van der Waals surface area contributed by atoms with Gasteiger partial charge in [0.05, 0.1) is 18.7 Å². The first-order valence-electron chi connectivity index (χ1n) is 13.5. The molecule has 3 atom stereocenters. The van der Waals surface area contributed by atoms with Crippen LogP contribution in [0.5, 0.6) is 5.75 Å². The van der Waals surface area contributed by atoms with Crippen molar-refractivity contribution < 1.29 is 19.7 Å². The Kier molecular flexibility index (Phi) is 9.95. The van der Waals surface area contributed by atoms with E-state index in [1.54, 1.807) is 13.3 Å². The third-order valence-corrected chi connectivity index (χ3v) is 8.86. The summed E-state index contributed by atoms with van der Waals surface area (Å²) in [5, 5.41) is 21.4. The molecule has 0 spiro atoms. The summed E-state index contributed by atoms with van der Waals surface area (Å²) in [6, 6.07) is 12.1. The van der Waals surface area contributed by atoms with Gasteiger partial charge < -0.3 is 19.8 Å². The molecule has 37 heavy (non-hydrogen) atoms. The number of nitrogens with zero attached hydrogens (tertiary/aromatic N) is 2. The minimum atomic E-state index is -0.723. The van der Waals surface area contributed by atoms with E-state index in [2.05, 4.69) is 28.9 Å². The second-order valence-corrected chi connectivity index (χ2v) is 11.8. The molecule has 0 unspecified atom stereocenters. The number of rotatable bonds is 13. The van der Waals surface area contributed by atoms with Crippen LogP contribution < -0.4 is 4.74 Å². The Morgan fingerprint density at radius 1 is 1.19 bits per heavy atom. The van der Waals surface area contributed by atoms with Crippen LogP contribution in [0.25, 0.3) is 10.9 Å². The van der Waals surface area contributed by atoms with Crippen molar-refractivity contribution in [2.45, 2.75) is 64.4 Å². The Morgan fingerprint density at radius 3 is 2.81 bits per heavy atom. The van der Waals surface area contributed by atoms with Crippen LogP contribution in [-0.2, 0) is 11.2 Å². The second-order valence-electron chi connectivity index (χ2n) is 10.4. The summed E-state index contributed by atoms with van der Waals surface area (Å²) < 4.78 is 5.38. The van der Waals surface area contributed by atoms with Gasteiger partial charge in [0.2, 0.25) is 0 Å². The lowest BCUT2D eigenvalue weighted by atomic mass is 9.79. The lowest BCUT2D eigenvalue weighted by Gasteiger charge is -2.39. The molecule has 3 aromatic rings. The van der Waals surface area contributed by atoms with Crippen LogP contribution in [0.3, 0.4) is 0 Å². The van der Waals surface area contributed by atoms with Crippen molar-refractivity contribution >= 4 is 28.2 Å². The molecule has 0 saturated carbocycles. The third kappa shape index (κ3) is 7.76. The minimum Gasteiger partial charge on any atom is -0.497 e. The van der Waals surface area contributed by atoms with Crippen molar-refractivity contribution in [3.05, 3.63) is 57.9 Å². The van der Waals surface area contributed by atoms with Crippen LogP contribution in [0.15, 0.2) is 42.6 Å². The summed E-state index contributed by atoms with van der Waals surface area (Å²) in [6.45, 7) is 5.25. The monoisotopic (exact) mass is 524 g/mol. The van der Waals surface area contributed by atoms with Gasteiger partial charge in [-0.05, 0) is 119 Å². The zero-order valence-corrected chi connectivity index (χ0v) is 22.9. The molecule has 1 aliphatic rings. The number of hydrogen-bond acceptors (Lipinski definition) is 6. The van der Waals surface area contributed by atoms with Crippen LogP contribution in [-0.4, -0.2) is 52.8 Å². The predicted molar refractivity (Wildman–Crippen MR) is 149 cm³/mol. The van der Waals surface area contributed by atoms with E-state index < -0.39 is 12.1 Å². The van der Waals surface area contributed by atoms with Gasteiger partial charge in [0.25, 0.3) is 0 Å². The number of unbranched alkanes of at least 4 members (excludes halogenated alkanes) is 1. The molecule has 1 aromatic carbocycles. The SMILES string of the molecule is COc1ccc2nccc([C@H](O)CC[C@@H]3CCN(CCCCc4ccc(C)s4)C[C@H]3CCC(=O)O)c2c1. The Hall–Kier alpha value is -2.48. The number of aliphatic hydroxyl groups is 1. The summed E-state index contributed by atoms with van der Waals surface area (Å²) in [5.41, 5.74) is 1.73. The molecule has 3 heterocycles. The fraction of sp³-hybridized carbons (Fsp3) is 0.533. The lowest BCUT2D eigenvalue weighted by molar-refractivity contribution is -0.137. The van der Waals surface area contributed by atoms with Gasteiger partial charge in [-0.15, -0.1) is 11.3 Å². The summed E-state index contributed by atoms with van der Waals surface area (Å²) >= 11 is 1.89. The Bertz CT molecular complexity index is 1160. The summed E-state index contributed by atoms with van der Waals surface area (Å²) in [6.07, 6.45) is 8.20. The van der Waals surface area contributed by atoms with E-state index in [9.17, 15) is 15.0 Å². The number of aromatic nitrogens is 1. The number of hydrogen-bond donors (Lipinski definition) is 2. The van der Waals surface area contributed by atoms with Gasteiger partial charge in [-0.25, -0.2) is 0 Å². The van der Waals surface area contributed by atoms with Gasteiger partial charge in [0.1, 0.15) is 5.75 Å². The Labute approximate surface area is 224 Å². The van der Waals surface area contributed by atoms with Crippen molar-refractivity contribution in [1.29, 1.82) is 0 Å². The van der Waals surface area contributed by atoms with Crippen LogP contribution in [0.4, 0.5) is 0 Å². The van der Waals surface area contributed by atoms with Gasteiger partial charge >= 0.3 is 5.97 Å². The summed E-state index contributed by atoms with van der Waals surface area (Å²) in [5.74, 6) is 0.813. The minimum absolute atomic E-state index is 0.212. The Balaban J connectivity index is 1.32. The maximum absolute atomic E-state index is 11.3. The molecule has 1 fully saturated rings. The quantitative estimate of drug-likeness (QED) is 0.257. The van der Waals surface area contributed by atoms with Crippen LogP contribution in [0.2, 0.25) is 0 Å². The van der Waals surface area contributed by atoms with Gasteiger partial charge in [0.15, 0.2) is 0 Å². The molecule has 2 aromatic heterocycles. The number of thiophene rings is 1. The van der Waals surface area contributed by atoms with Crippen molar-refractivity contribution in [1.82, 2.24) is 9.88 Å². The van der Waals surface area contributed by atoms with Crippen LogP contribution in [0.1, 0.15) is 66.4 Å². The number of fused-ring (bicyclic) bond motifs is 1. The molecule has 1 saturated heterocycles. The normalized spacial score (nSPS) is 19.2. The fourth-order valence-electron chi connectivity index (χ4n) is 5.72. The van der Waals surface area contributed by atoms with E-state index in [1.165, 1.54) is 22.6 Å². The van der Waals surface area contributed by atoms with E-state index in [0.717, 1.165) is 61.1 Å². The highest BCUT2D eigenvalue weighted by atomic mass is 32.1.